The molecule has 2 unspecified atom stereocenters. The Morgan fingerprint density at radius 3 is 2.56 bits per heavy atom. The third kappa shape index (κ3) is 3.02. The molecule has 0 amide bonds. The van der Waals surface area contributed by atoms with Gasteiger partial charge in [0.15, 0.2) is 0 Å². The van der Waals surface area contributed by atoms with Crippen molar-refractivity contribution in [2.45, 2.75) is 57.3 Å². The fourth-order valence-electron chi connectivity index (χ4n) is 2.63. The van der Waals surface area contributed by atoms with Gasteiger partial charge in [0.1, 0.15) is 11.4 Å². The summed E-state index contributed by atoms with van der Waals surface area (Å²) in [5.41, 5.74) is 5.35. The normalized spacial score (nSPS) is 28.4. The van der Waals surface area contributed by atoms with Crippen LogP contribution in [0.1, 0.15) is 45.1 Å². The van der Waals surface area contributed by atoms with Crippen molar-refractivity contribution in [2.24, 2.45) is 5.73 Å². The molecule has 1 fully saturated rings. The van der Waals surface area contributed by atoms with E-state index in [0.29, 0.717) is 12.8 Å². The van der Waals surface area contributed by atoms with E-state index in [0.717, 1.165) is 24.2 Å². The Hall–Kier alpha value is -1.09. The topological polar surface area (TPSA) is 35.2 Å². The zero-order valence-electron chi connectivity index (χ0n) is 11.2. The Morgan fingerprint density at radius 2 is 2.00 bits per heavy atom. The highest BCUT2D eigenvalue weighted by Crippen LogP contribution is 2.40. The summed E-state index contributed by atoms with van der Waals surface area (Å²) in [5.74, 6) is 0.789. The first kappa shape index (κ1) is 13.3. The number of halogens is 1. The van der Waals surface area contributed by atoms with Gasteiger partial charge in [-0.1, -0.05) is 12.1 Å². The molecular weight excluding hydrogens is 229 g/mol. The molecule has 1 aliphatic rings. The smallest absolute Gasteiger partial charge is 0.137 e. The molecule has 18 heavy (non-hydrogen) atoms. The van der Waals surface area contributed by atoms with Crippen LogP contribution in [0.3, 0.4) is 0 Å². The Balaban J connectivity index is 2.13. The molecule has 0 saturated heterocycles. The molecule has 0 spiro atoms. The van der Waals surface area contributed by atoms with E-state index in [-0.39, 0.29) is 12.1 Å². The van der Waals surface area contributed by atoms with Gasteiger partial charge in [-0.05, 0) is 50.8 Å². The number of nitrogens with two attached hydrogens (primary N) is 1. The van der Waals surface area contributed by atoms with Gasteiger partial charge in [-0.15, -0.1) is 0 Å². The van der Waals surface area contributed by atoms with Crippen LogP contribution in [0.25, 0.3) is 0 Å². The lowest BCUT2D eigenvalue weighted by molar-refractivity contribution is 0.0946. The maximum Gasteiger partial charge on any atom is 0.137 e. The van der Waals surface area contributed by atoms with Gasteiger partial charge in [0.05, 0.1) is 6.10 Å². The van der Waals surface area contributed by atoms with E-state index in [1.165, 1.54) is 0 Å². The first-order valence-electron chi connectivity index (χ1n) is 6.71. The van der Waals surface area contributed by atoms with Crippen LogP contribution in [-0.2, 0) is 5.67 Å². The van der Waals surface area contributed by atoms with Crippen molar-refractivity contribution in [3.8, 4) is 5.75 Å². The summed E-state index contributed by atoms with van der Waals surface area (Å²) >= 11 is 0. The Morgan fingerprint density at radius 1 is 1.33 bits per heavy atom. The second kappa shape index (κ2) is 5.27. The van der Waals surface area contributed by atoms with E-state index in [9.17, 15) is 4.39 Å². The lowest BCUT2D eigenvalue weighted by Gasteiger charge is -2.33. The molecule has 1 saturated carbocycles. The molecule has 0 bridgehead atoms. The lowest BCUT2D eigenvalue weighted by atomic mass is 9.79. The van der Waals surface area contributed by atoms with Crippen LogP contribution in [0.4, 0.5) is 4.39 Å². The molecule has 0 aromatic heterocycles. The molecule has 0 heterocycles. The van der Waals surface area contributed by atoms with Crippen molar-refractivity contribution in [1.29, 1.82) is 0 Å². The summed E-state index contributed by atoms with van der Waals surface area (Å²) < 4.78 is 20.4. The van der Waals surface area contributed by atoms with E-state index in [1.807, 2.05) is 38.1 Å². The standard InChI is InChI=1S/C15H22FNO/c1-11(2)18-14-7-5-12(6-8-14)15(16)9-3-4-13(17)10-15/h5-8,11,13H,3-4,9-10,17H2,1-2H3. The molecule has 0 aliphatic heterocycles. The number of hydrogen-bond donors (Lipinski definition) is 1. The average Bonchev–Trinajstić information content (AvgIpc) is 2.28. The Bertz CT molecular complexity index is 390. The maximum absolute atomic E-state index is 14.8. The SMILES string of the molecule is CC(C)Oc1ccc(C2(F)CCCC(N)C2)cc1. The van der Waals surface area contributed by atoms with Crippen LogP contribution >= 0.6 is 0 Å². The largest absolute Gasteiger partial charge is 0.491 e. The first-order valence-corrected chi connectivity index (χ1v) is 6.71. The maximum atomic E-state index is 14.8. The number of ether oxygens (including phenoxy) is 1. The molecule has 2 N–H and O–H groups in total. The predicted molar refractivity (Wildman–Crippen MR) is 71.4 cm³/mol. The average molecular weight is 251 g/mol. The fourth-order valence-corrected chi connectivity index (χ4v) is 2.63. The van der Waals surface area contributed by atoms with Crippen LogP contribution < -0.4 is 10.5 Å². The summed E-state index contributed by atoms with van der Waals surface area (Å²) in [5, 5.41) is 0. The van der Waals surface area contributed by atoms with Crippen molar-refractivity contribution in [3.63, 3.8) is 0 Å². The van der Waals surface area contributed by atoms with E-state index in [2.05, 4.69) is 0 Å². The Kier molecular flexibility index (Phi) is 3.91. The highest BCUT2D eigenvalue weighted by Gasteiger charge is 2.36. The van der Waals surface area contributed by atoms with Crippen LogP contribution in [-0.4, -0.2) is 12.1 Å². The molecule has 2 atom stereocenters. The Labute approximate surface area is 108 Å². The monoisotopic (exact) mass is 251 g/mol. The fraction of sp³-hybridized carbons (Fsp3) is 0.600. The molecule has 0 radical (unpaired) electrons. The van der Waals surface area contributed by atoms with Crippen LogP contribution in [0.15, 0.2) is 24.3 Å². The van der Waals surface area contributed by atoms with Gasteiger partial charge in [-0.25, -0.2) is 4.39 Å². The second-order valence-corrected chi connectivity index (χ2v) is 5.51. The lowest BCUT2D eigenvalue weighted by Crippen LogP contribution is -2.36. The summed E-state index contributed by atoms with van der Waals surface area (Å²) in [7, 11) is 0. The molecule has 2 rings (SSSR count). The van der Waals surface area contributed by atoms with Gasteiger partial charge >= 0.3 is 0 Å². The molecular formula is C15H22FNO. The van der Waals surface area contributed by atoms with Crippen LogP contribution in [0.2, 0.25) is 0 Å². The third-order valence-electron chi connectivity index (χ3n) is 3.48. The minimum absolute atomic E-state index is 0.0182. The van der Waals surface area contributed by atoms with Gasteiger partial charge in [0, 0.05) is 12.5 Å². The highest BCUT2D eigenvalue weighted by molar-refractivity contribution is 5.31. The quantitative estimate of drug-likeness (QED) is 0.891. The van der Waals surface area contributed by atoms with E-state index in [1.54, 1.807) is 0 Å². The number of benzene rings is 1. The zero-order chi connectivity index (χ0) is 13.2. The van der Waals surface area contributed by atoms with Gasteiger partial charge in [-0.3, -0.25) is 0 Å². The summed E-state index contributed by atoms with van der Waals surface area (Å²) in [6, 6.07) is 7.33. The van der Waals surface area contributed by atoms with Gasteiger partial charge in [0.2, 0.25) is 0 Å². The van der Waals surface area contributed by atoms with Crippen molar-refractivity contribution in [1.82, 2.24) is 0 Å². The van der Waals surface area contributed by atoms with Crippen LogP contribution in [0, 0.1) is 0 Å². The summed E-state index contributed by atoms with van der Waals surface area (Å²) in [4.78, 5) is 0. The van der Waals surface area contributed by atoms with E-state index in [4.69, 9.17) is 10.5 Å². The highest BCUT2D eigenvalue weighted by atomic mass is 19.1. The molecule has 2 nitrogen and oxygen atoms in total. The van der Waals surface area contributed by atoms with Crippen molar-refractivity contribution >= 4 is 0 Å². The molecule has 1 aliphatic carbocycles. The molecule has 3 heteroatoms. The number of rotatable bonds is 3. The number of hydrogen-bond acceptors (Lipinski definition) is 2. The minimum Gasteiger partial charge on any atom is -0.491 e. The molecule has 1 aromatic carbocycles. The van der Waals surface area contributed by atoms with Crippen molar-refractivity contribution in [2.75, 3.05) is 0 Å². The van der Waals surface area contributed by atoms with Gasteiger partial charge in [-0.2, -0.15) is 0 Å². The number of alkyl halides is 1. The predicted octanol–water partition coefficient (Wildman–Crippen LogP) is 3.54. The first-order chi connectivity index (χ1) is 8.49. The zero-order valence-corrected chi connectivity index (χ0v) is 11.2. The van der Waals surface area contributed by atoms with Crippen LogP contribution in [0.5, 0.6) is 5.75 Å². The minimum atomic E-state index is -1.26. The molecule has 100 valence electrons. The van der Waals surface area contributed by atoms with Gasteiger partial charge < -0.3 is 10.5 Å². The third-order valence-corrected chi connectivity index (χ3v) is 3.48. The van der Waals surface area contributed by atoms with E-state index >= 15 is 0 Å². The second-order valence-electron chi connectivity index (χ2n) is 5.51. The van der Waals surface area contributed by atoms with Gasteiger partial charge in [0.25, 0.3) is 0 Å². The van der Waals surface area contributed by atoms with Crippen molar-refractivity contribution < 1.29 is 9.13 Å². The van der Waals surface area contributed by atoms with E-state index < -0.39 is 5.67 Å². The molecule has 1 aromatic rings. The summed E-state index contributed by atoms with van der Waals surface area (Å²) in [6.07, 6.45) is 2.93. The summed E-state index contributed by atoms with van der Waals surface area (Å²) in [6.45, 7) is 3.95. The van der Waals surface area contributed by atoms with Crippen molar-refractivity contribution in [3.05, 3.63) is 29.8 Å².